The fourth-order valence-corrected chi connectivity index (χ4v) is 2.00. The summed E-state index contributed by atoms with van der Waals surface area (Å²) in [7, 11) is 0. The topological polar surface area (TPSA) is 21.3 Å². The van der Waals surface area contributed by atoms with E-state index in [1.165, 1.54) is 19.4 Å². The molecule has 0 saturated carbocycles. The van der Waals surface area contributed by atoms with E-state index < -0.39 is 0 Å². The Morgan fingerprint density at radius 2 is 2.33 bits per heavy atom. The number of rotatable bonds is 4. The molecule has 0 aromatic carbocycles. The van der Waals surface area contributed by atoms with Crippen LogP contribution < -0.4 is 5.32 Å². The van der Waals surface area contributed by atoms with Gasteiger partial charge < -0.3 is 10.1 Å². The minimum Gasteiger partial charge on any atom is -0.378 e. The lowest BCUT2D eigenvalue weighted by Crippen LogP contribution is -2.37. The predicted octanol–water partition coefficient (Wildman–Crippen LogP) is 1.80. The summed E-state index contributed by atoms with van der Waals surface area (Å²) in [4.78, 5) is 0. The molecule has 72 valence electrons. The van der Waals surface area contributed by atoms with E-state index in [1.807, 2.05) is 0 Å². The van der Waals surface area contributed by atoms with E-state index in [0.717, 1.165) is 25.5 Å². The number of nitrogens with one attached hydrogen (secondary N) is 1. The molecular weight excluding hydrogens is 150 g/mol. The molecule has 1 heterocycles. The zero-order chi connectivity index (χ0) is 8.81. The molecule has 1 aliphatic rings. The first-order valence-corrected chi connectivity index (χ1v) is 5.20. The molecule has 2 nitrogen and oxygen atoms in total. The second-order valence-corrected chi connectivity index (χ2v) is 3.51. The van der Waals surface area contributed by atoms with E-state index in [0.29, 0.717) is 6.10 Å². The van der Waals surface area contributed by atoms with Crippen molar-refractivity contribution in [3.63, 3.8) is 0 Å². The summed E-state index contributed by atoms with van der Waals surface area (Å²) in [6, 6.07) is 0. The molecule has 2 atom stereocenters. The van der Waals surface area contributed by atoms with E-state index in [1.54, 1.807) is 0 Å². The van der Waals surface area contributed by atoms with Crippen LogP contribution in [0.1, 0.15) is 33.1 Å². The molecular formula is C10H21NO. The van der Waals surface area contributed by atoms with Gasteiger partial charge in [0.05, 0.1) is 6.10 Å². The molecule has 1 aliphatic heterocycles. The molecule has 0 aromatic heterocycles. The van der Waals surface area contributed by atoms with Crippen LogP contribution in [0.3, 0.4) is 0 Å². The van der Waals surface area contributed by atoms with Gasteiger partial charge >= 0.3 is 0 Å². The predicted molar refractivity (Wildman–Crippen MR) is 51.3 cm³/mol. The number of piperidine rings is 1. The van der Waals surface area contributed by atoms with Gasteiger partial charge in [-0.3, -0.25) is 0 Å². The molecule has 2 heteroatoms. The summed E-state index contributed by atoms with van der Waals surface area (Å²) < 4.78 is 5.69. The van der Waals surface area contributed by atoms with Crippen molar-refractivity contribution in [2.75, 3.05) is 19.7 Å². The van der Waals surface area contributed by atoms with Crippen LogP contribution in [0.4, 0.5) is 0 Å². The van der Waals surface area contributed by atoms with Crippen LogP contribution in [0.5, 0.6) is 0 Å². The fourth-order valence-electron chi connectivity index (χ4n) is 2.00. The monoisotopic (exact) mass is 171 g/mol. The van der Waals surface area contributed by atoms with E-state index in [9.17, 15) is 0 Å². The van der Waals surface area contributed by atoms with Crippen LogP contribution in [-0.4, -0.2) is 25.8 Å². The molecule has 0 spiro atoms. The largest absolute Gasteiger partial charge is 0.378 e. The van der Waals surface area contributed by atoms with Gasteiger partial charge in [0.25, 0.3) is 0 Å². The first-order valence-electron chi connectivity index (χ1n) is 5.20. The second kappa shape index (κ2) is 5.55. The Hall–Kier alpha value is -0.0800. The lowest BCUT2D eigenvalue weighted by molar-refractivity contribution is 0.00964. The maximum atomic E-state index is 5.69. The molecule has 0 amide bonds. The highest BCUT2D eigenvalue weighted by molar-refractivity contribution is 4.75. The molecule has 0 unspecified atom stereocenters. The van der Waals surface area contributed by atoms with Crippen molar-refractivity contribution in [1.82, 2.24) is 5.32 Å². The van der Waals surface area contributed by atoms with E-state index in [4.69, 9.17) is 4.74 Å². The Labute approximate surface area is 75.7 Å². The SMILES string of the molecule is CCO[C@@H](CC)[C@H]1CCCNC1. The second-order valence-electron chi connectivity index (χ2n) is 3.51. The molecule has 0 aromatic rings. The third kappa shape index (κ3) is 2.76. The first kappa shape index (κ1) is 10.0. The molecule has 12 heavy (non-hydrogen) atoms. The normalized spacial score (nSPS) is 27.0. The third-order valence-corrected chi connectivity index (χ3v) is 2.64. The average molecular weight is 171 g/mol. The Kier molecular flexibility index (Phi) is 4.62. The van der Waals surface area contributed by atoms with Gasteiger partial charge in [0, 0.05) is 13.2 Å². The van der Waals surface area contributed by atoms with Crippen molar-refractivity contribution in [3.8, 4) is 0 Å². The number of hydrogen-bond donors (Lipinski definition) is 1. The summed E-state index contributed by atoms with van der Waals surface area (Å²) in [6.07, 6.45) is 4.29. The van der Waals surface area contributed by atoms with E-state index >= 15 is 0 Å². The number of hydrogen-bond acceptors (Lipinski definition) is 2. The lowest BCUT2D eigenvalue weighted by atomic mass is 9.92. The maximum absolute atomic E-state index is 5.69. The van der Waals surface area contributed by atoms with Gasteiger partial charge in [-0.05, 0) is 38.6 Å². The zero-order valence-electron chi connectivity index (χ0n) is 8.31. The molecule has 0 bridgehead atoms. The third-order valence-electron chi connectivity index (χ3n) is 2.64. The lowest BCUT2D eigenvalue weighted by Gasteiger charge is -2.29. The zero-order valence-corrected chi connectivity index (χ0v) is 8.31. The first-order chi connectivity index (χ1) is 5.88. The molecule has 1 saturated heterocycles. The van der Waals surface area contributed by atoms with Crippen LogP contribution in [0, 0.1) is 5.92 Å². The summed E-state index contributed by atoms with van der Waals surface area (Å²) in [6.45, 7) is 7.50. The highest BCUT2D eigenvalue weighted by Gasteiger charge is 2.21. The van der Waals surface area contributed by atoms with Crippen molar-refractivity contribution >= 4 is 0 Å². The van der Waals surface area contributed by atoms with Gasteiger partial charge in [-0.25, -0.2) is 0 Å². The van der Waals surface area contributed by atoms with Gasteiger partial charge in [0.1, 0.15) is 0 Å². The van der Waals surface area contributed by atoms with Crippen LogP contribution in [0.2, 0.25) is 0 Å². The number of ether oxygens (including phenoxy) is 1. The summed E-state index contributed by atoms with van der Waals surface area (Å²) >= 11 is 0. The van der Waals surface area contributed by atoms with Crippen molar-refractivity contribution in [2.24, 2.45) is 5.92 Å². The molecule has 1 fully saturated rings. The van der Waals surface area contributed by atoms with Crippen LogP contribution in [0.25, 0.3) is 0 Å². The van der Waals surface area contributed by atoms with Crippen molar-refractivity contribution < 1.29 is 4.74 Å². The van der Waals surface area contributed by atoms with Crippen LogP contribution in [0.15, 0.2) is 0 Å². The van der Waals surface area contributed by atoms with Gasteiger partial charge in [0.15, 0.2) is 0 Å². The van der Waals surface area contributed by atoms with Crippen LogP contribution >= 0.6 is 0 Å². The minimum absolute atomic E-state index is 0.489. The quantitative estimate of drug-likeness (QED) is 0.696. The smallest absolute Gasteiger partial charge is 0.0612 e. The Bertz CT molecular complexity index is 108. The minimum atomic E-state index is 0.489. The maximum Gasteiger partial charge on any atom is 0.0612 e. The molecule has 1 N–H and O–H groups in total. The molecule has 0 radical (unpaired) electrons. The van der Waals surface area contributed by atoms with Crippen molar-refractivity contribution in [1.29, 1.82) is 0 Å². The Balaban J connectivity index is 2.29. The van der Waals surface area contributed by atoms with Gasteiger partial charge in [-0.1, -0.05) is 6.92 Å². The van der Waals surface area contributed by atoms with Crippen molar-refractivity contribution in [3.05, 3.63) is 0 Å². The standard InChI is InChI=1S/C10H21NO/c1-3-10(12-4-2)9-6-5-7-11-8-9/h9-11H,3-8H2,1-2H3/t9-,10-/m0/s1. The summed E-state index contributed by atoms with van der Waals surface area (Å²) in [5.41, 5.74) is 0. The van der Waals surface area contributed by atoms with Gasteiger partial charge in [-0.15, -0.1) is 0 Å². The Morgan fingerprint density at radius 1 is 1.50 bits per heavy atom. The van der Waals surface area contributed by atoms with Gasteiger partial charge in [0.2, 0.25) is 0 Å². The van der Waals surface area contributed by atoms with E-state index in [-0.39, 0.29) is 0 Å². The molecule has 1 rings (SSSR count). The summed E-state index contributed by atoms with van der Waals surface area (Å²) in [5.74, 6) is 0.753. The van der Waals surface area contributed by atoms with Crippen molar-refractivity contribution in [2.45, 2.75) is 39.2 Å². The van der Waals surface area contributed by atoms with E-state index in [2.05, 4.69) is 19.2 Å². The van der Waals surface area contributed by atoms with Gasteiger partial charge in [-0.2, -0.15) is 0 Å². The Morgan fingerprint density at radius 3 is 2.83 bits per heavy atom. The molecule has 0 aliphatic carbocycles. The highest BCUT2D eigenvalue weighted by Crippen LogP contribution is 2.19. The summed E-state index contributed by atoms with van der Waals surface area (Å²) in [5, 5.41) is 3.43. The van der Waals surface area contributed by atoms with Crippen LogP contribution in [-0.2, 0) is 4.74 Å². The fraction of sp³-hybridized carbons (Fsp3) is 1.00. The highest BCUT2D eigenvalue weighted by atomic mass is 16.5. The average Bonchev–Trinajstić information content (AvgIpc) is 2.15.